The van der Waals surface area contributed by atoms with E-state index in [4.69, 9.17) is 9.97 Å². The van der Waals surface area contributed by atoms with Gasteiger partial charge in [0.05, 0.1) is 5.69 Å². The standard InChI is InChI=1S/C60H44N5.Ir/c1-40-41(2)65-57-39-49(30-31-54(57)59-58(60(65)64-40)53(32-35-63-59)46-12-4-3-5-13-46)51-14-6-7-15-52(51)50-37-44(20-18-42-22-26-47(27-23-42)55-16-8-10-33-61-55)36-45(38-50)21-19-43-24-28-48(29-25-43)56-17-9-11-34-62-56;/h3-17,22-26,28,30,32-39H,18-21H2,1-2H3;/q-3;+3/i18D2,19D2,20D2,21D2;. The van der Waals surface area contributed by atoms with Crippen molar-refractivity contribution in [1.29, 1.82) is 0 Å². The molecule has 0 spiro atoms. The van der Waals surface area contributed by atoms with Crippen molar-refractivity contribution in [2.24, 2.45) is 0 Å². The van der Waals surface area contributed by atoms with Crippen LogP contribution in [-0.4, -0.2) is 24.3 Å². The molecule has 5 heterocycles. The van der Waals surface area contributed by atoms with Gasteiger partial charge in [-0.3, -0.25) is 0 Å². The topological polar surface area (TPSA) is 56.0 Å². The third-order valence-electron chi connectivity index (χ3n) is 11.7. The Morgan fingerprint density at radius 2 is 1.09 bits per heavy atom. The van der Waals surface area contributed by atoms with E-state index in [0.29, 0.717) is 39.2 Å². The maximum absolute atomic E-state index is 9.67. The molecule has 0 amide bonds. The van der Waals surface area contributed by atoms with Crippen LogP contribution >= 0.6 is 0 Å². The third-order valence-corrected chi connectivity index (χ3v) is 11.7. The van der Waals surface area contributed by atoms with Gasteiger partial charge in [-0.1, -0.05) is 121 Å². The van der Waals surface area contributed by atoms with Gasteiger partial charge in [-0.2, -0.15) is 0 Å². The molecule has 0 atom stereocenters. The smallest absolute Gasteiger partial charge is 0.339 e. The van der Waals surface area contributed by atoms with Gasteiger partial charge in [-0.15, -0.1) is 94.4 Å². The Hall–Kier alpha value is -7.37. The van der Waals surface area contributed by atoms with E-state index in [1.807, 2.05) is 80.6 Å². The Morgan fingerprint density at radius 3 is 1.68 bits per heavy atom. The zero-order valence-corrected chi connectivity index (χ0v) is 38.3. The van der Waals surface area contributed by atoms with E-state index < -0.39 is 25.5 Å². The molecule has 0 saturated heterocycles. The summed E-state index contributed by atoms with van der Waals surface area (Å²) >= 11 is 0. The van der Waals surface area contributed by atoms with Crippen molar-refractivity contribution in [1.82, 2.24) is 24.3 Å². The van der Waals surface area contributed by atoms with Crippen molar-refractivity contribution in [3.05, 3.63) is 234 Å². The number of nitrogens with zero attached hydrogens (tertiary/aromatic N) is 5. The molecule has 0 fully saturated rings. The third kappa shape index (κ3) is 8.38. The molecule has 6 heteroatoms. The summed E-state index contributed by atoms with van der Waals surface area (Å²) in [5.74, 6) is 0. The van der Waals surface area contributed by atoms with Crippen LogP contribution in [0.4, 0.5) is 0 Å². The van der Waals surface area contributed by atoms with Gasteiger partial charge in [0.15, 0.2) is 0 Å². The number of hydrogen-bond donors (Lipinski definition) is 0. The molecule has 0 bridgehead atoms. The molecule has 0 aliphatic heterocycles. The summed E-state index contributed by atoms with van der Waals surface area (Å²) in [5.41, 5.74) is 10.6. The van der Waals surface area contributed by atoms with Crippen LogP contribution in [0.3, 0.4) is 0 Å². The van der Waals surface area contributed by atoms with Crippen molar-refractivity contribution in [3.8, 4) is 55.9 Å². The van der Waals surface area contributed by atoms with Crippen LogP contribution < -0.4 is 0 Å². The average molecular weight is 1040 g/mol. The number of pyridine rings is 4. The first kappa shape index (κ1) is 34.0. The van der Waals surface area contributed by atoms with E-state index in [1.165, 1.54) is 30.3 Å². The zero-order chi connectivity index (χ0) is 50.9. The predicted octanol–water partition coefficient (Wildman–Crippen LogP) is 13.7. The van der Waals surface area contributed by atoms with Crippen molar-refractivity contribution >= 4 is 27.5 Å². The van der Waals surface area contributed by atoms with Gasteiger partial charge < -0.3 is 19.4 Å². The first-order valence-electron chi connectivity index (χ1n) is 25.4. The fourth-order valence-corrected chi connectivity index (χ4v) is 8.39. The molecule has 5 nitrogen and oxygen atoms in total. The average Bonchev–Trinajstić information content (AvgIpc) is 3.73. The van der Waals surface area contributed by atoms with E-state index >= 15 is 0 Å². The van der Waals surface area contributed by atoms with Gasteiger partial charge in [0.1, 0.15) is 5.65 Å². The van der Waals surface area contributed by atoms with Crippen LogP contribution in [0.15, 0.2) is 182 Å². The number of aromatic nitrogens is 5. The second-order valence-electron chi connectivity index (χ2n) is 15.8. The predicted molar refractivity (Wildman–Crippen MR) is 264 cm³/mol. The van der Waals surface area contributed by atoms with E-state index in [2.05, 4.69) is 50.8 Å². The normalized spacial score (nSPS) is 14.0. The number of hydrogen-bond acceptors (Lipinski definition) is 4. The minimum atomic E-state index is -2.81. The van der Waals surface area contributed by atoms with Gasteiger partial charge in [-0.25, -0.2) is 4.98 Å². The Bertz CT molecular complexity index is 3750. The van der Waals surface area contributed by atoms with Crippen LogP contribution in [0.1, 0.15) is 44.6 Å². The van der Waals surface area contributed by atoms with Gasteiger partial charge in [0, 0.05) is 46.2 Å². The summed E-state index contributed by atoms with van der Waals surface area (Å²) in [5, 5.41) is 1.69. The maximum Gasteiger partial charge on any atom is 3.00 e. The molecular weight excluding hydrogens is 983 g/mol. The number of fused-ring (bicyclic) bond motifs is 6. The van der Waals surface area contributed by atoms with Crippen LogP contribution in [0.5, 0.6) is 0 Å². The van der Waals surface area contributed by atoms with Crippen LogP contribution in [-0.2, 0) is 45.6 Å². The number of imidazole rings is 1. The summed E-state index contributed by atoms with van der Waals surface area (Å²) in [6.45, 7) is 4.02. The largest absolute Gasteiger partial charge is 3.00 e. The molecule has 5 aromatic heterocycles. The fraction of sp³-hybridized carbons (Fsp3) is 0.100. The Kier molecular flexibility index (Phi) is 9.60. The molecule has 11 rings (SSSR count). The Morgan fingerprint density at radius 1 is 0.500 bits per heavy atom. The molecule has 11 aromatic rings. The van der Waals surface area contributed by atoms with E-state index in [9.17, 15) is 11.0 Å². The van der Waals surface area contributed by atoms with Gasteiger partial charge in [-0.05, 0) is 95.1 Å². The zero-order valence-electron chi connectivity index (χ0n) is 43.9. The minimum Gasteiger partial charge on any atom is -0.339 e. The molecule has 66 heavy (non-hydrogen) atoms. The van der Waals surface area contributed by atoms with Crippen molar-refractivity contribution < 1.29 is 31.1 Å². The van der Waals surface area contributed by atoms with Gasteiger partial charge in [0.2, 0.25) is 0 Å². The molecule has 318 valence electrons. The van der Waals surface area contributed by atoms with Gasteiger partial charge >= 0.3 is 20.1 Å². The molecule has 0 unspecified atom stereocenters. The second kappa shape index (κ2) is 18.6. The van der Waals surface area contributed by atoms with Crippen molar-refractivity contribution in [2.75, 3.05) is 0 Å². The monoisotopic (exact) mass is 1040 g/mol. The second-order valence-corrected chi connectivity index (χ2v) is 15.8. The number of aryl methyl sites for hydroxylation is 6. The molecule has 0 radical (unpaired) electrons. The van der Waals surface area contributed by atoms with Gasteiger partial charge in [0.25, 0.3) is 0 Å². The van der Waals surface area contributed by atoms with Crippen LogP contribution in [0.2, 0.25) is 0 Å². The quantitative estimate of drug-likeness (QED) is 0.0957. The first-order chi connectivity index (χ1) is 35.1. The van der Waals surface area contributed by atoms with Crippen molar-refractivity contribution in [2.45, 2.75) is 39.3 Å². The first-order valence-corrected chi connectivity index (χ1v) is 21.4. The summed E-state index contributed by atoms with van der Waals surface area (Å²) < 4.78 is 78.6. The number of rotatable bonds is 11. The Labute approximate surface area is 410 Å². The fourth-order valence-electron chi connectivity index (χ4n) is 8.39. The molecular formula is C60H44IrN5. The van der Waals surface area contributed by atoms with Crippen LogP contribution in [0, 0.1) is 32.0 Å². The van der Waals surface area contributed by atoms with E-state index in [-0.39, 0.29) is 42.4 Å². The summed E-state index contributed by atoms with van der Waals surface area (Å²) in [6.07, 6.45) is -5.90. The molecule has 0 N–H and O–H groups in total. The molecule has 6 aromatic carbocycles. The summed E-state index contributed by atoms with van der Waals surface area (Å²) in [7, 11) is 0. The molecule has 0 aliphatic rings. The Balaban J connectivity index is 0.00000626. The summed E-state index contributed by atoms with van der Waals surface area (Å²) in [6, 6.07) is 57.7. The van der Waals surface area contributed by atoms with Crippen molar-refractivity contribution in [3.63, 3.8) is 0 Å². The van der Waals surface area contributed by atoms with E-state index in [0.717, 1.165) is 55.5 Å². The van der Waals surface area contributed by atoms with Crippen LogP contribution in [0.25, 0.3) is 83.3 Å². The molecule has 0 saturated carbocycles. The minimum absolute atomic E-state index is 0. The van der Waals surface area contributed by atoms with E-state index in [1.54, 1.807) is 67.1 Å². The SMILES string of the molecule is [2H]C([2H])(c1c[c-]c(-c2ccccn2)cc1)C([2H])([2H])c1cc(-c2ccccc2-c2c[c-]c3c4nccc(-c5ccccc5)c4c4nc(C)c(C)n4c3c2)cc(C([2H])([2H])C([2H])([2H])c2c[c-]c(-c3ccccn3)cc2)c1.[Ir+3]. The summed E-state index contributed by atoms with van der Waals surface area (Å²) in [4.78, 5) is 18.8. The number of benzene rings is 6. The maximum atomic E-state index is 9.67. The molecule has 0 aliphatic carbocycles.